The minimum absolute atomic E-state index is 0.0516. The molecule has 0 radical (unpaired) electrons. The molecular weight excluding hydrogens is 976 g/mol. The Hall–Kier alpha value is -3.60. The standard InChI is InChI=1S/C64H109O11P/c1-4-7-10-13-16-19-22-25-27-29-30-32-34-37-40-43-46-49-52-55-64(68)75-61(57-71-62(66)53-50-47-44-41-38-36-33-31-28-26-23-20-17-14-11-8-5-2)59-73-76(69,70)72-58-60(56-65)74-63(67)54-51-48-45-42-39-35-24-21-18-15-12-9-6-3/h8-9,11-12,17-18,20-21,26,28,33,35-36,39,45,48,60-61,65H,4-7,10,13-16,19,22-25,27,29-32,34,37-38,40-44,46-47,49-59H2,1-3H3,(H,69,70)/b11-8-,12-9-,20-17-,21-18-,28-26-,36-33-,39-35-,48-45-. The SMILES string of the molecule is CC/C=C\C/C=C\C/C=C\C/C=C\CCCCCCC(=O)OCC(COP(=O)(O)OCC(CO)OC(=O)CC/C=C\C/C=C\C/C=C\C/C=C\CC)OC(=O)CCCCCCCCCCCCCCCCCCCCC. The molecule has 0 aromatic carbocycles. The molecule has 0 heterocycles. The largest absolute Gasteiger partial charge is 0.472 e. The molecule has 0 spiro atoms. The summed E-state index contributed by atoms with van der Waals surface area (Å²) in [5.41, 5.74) is 0. The van der Waals surface area contributed by atoms with E-state index in [0.717, 1.165) is 96.3 Å². The van der Waals surface area contributed by atoms with Gasteiger partial charge in [-0.1, -0.05) is 246 Å². The molecule has 11 nitrogen and oxygen atoms in total. The van der Waals surface area contributed by atoms with Gasteiger partial charge in [0.25, 0.3) is 0 Å². The molecule has 0 aromatic rings. The van der Waals surface area contributed by atoms with Gasteiger partial charge < -0.3 is 24.2 Å². The van der Waals surface area contributed by atoms with Gasteiger partial charge in [0.15, 0.2) is 6.10 Å². The summed E-state index contributed by atoms with van der Waals surface area (Å²) in [5.74, 6) is -1.58. The second-order valence-corrected chi connectivity index (χ2v) is 21.2. The first-order valence-electron chi connectivity index (χ1n) is 30.1. The van der Waals surface area contributed by atoms with Crippen LogP contribution in [0.1, 0.15) is 252 Å². The van der Waals surface area contributed by atoms with Crippen LogP contribution in [0.2, 0.25) is 0 Å². The lowest BCUT2D eigenvalue weighted by Gasteiger charge is -2.21. The number of hydrogen-bond donors (Lipinski definition) is 2. The summed E-state index contributed by atoms with van der Waals surface area (Å²) in [6.07, 6.45) is 68.2. The van der Waals surface area contributed by atoms with Crippen LogP contribution >= 0.6 is 7.82 Å². The first kappa shape index (κ1) is 72.4. The third-order valence-electron chi connectivity index (χ3n) is 12.5. The summed E-state index contributed by atoms with van der Waals surface area (Å²) in [6.45, 7) is 4.33. The van der Waals surface area contributed by atoms with Crippen molar-refractivity contribution >= 4 is 25.7 Å². The van der Waals surface area contributed by atoms with Crippen LogP contribution in [0.4, 0.5) is 0 Å². The minimum atomic E-state index is -4.78. The molecule has 0 bridgehead atoms. The van der Waals surface area contributed by atoms with E-state index in [-0.39, 0.29) is 25.9 Å². The molecule has 0 amide bonds. The van der Waals surface area contributed by atoms with Crippen LogP contribution in [0.15, 0.2) is 97.2 Å². The van der Waals surface area contributed by atoms with E-state index in [4.69, 9.17) is 23.3 Å². The summed E-state index contributed by atoms with van der Waals surface area (Å²) in [4.78, 5) is 48.6. The number of allylic oxidation sites excluding steroid dienone is 16. The molecule has 0 aliphatic rings. The van der Waals surface area contributed by atoms with E-state index >= 15 is 0 Å². The number of phosphoric ester groups is 1. The van der Waals surface area contributed by atoms with Crippen molar-refractivity contribution < 1.29 is 52.2 Å². The fourth-order valence-electron chi connectivity index (χ4n) is 8.01. The fraction of sp³-hybridized carbons (Fsp3) is 0.703. The van der Waals surface area contributed by atoms with Crippen molar-refractivity contribution in [2.45, 2.75) is 264 Å². The van der Waals surface area contributed by atoms with Gasteiger partial charge in [0.2, 0.25) is 0 Å². The number of carbonyl (C=O) groups excluding carboxylic acids is 3. The quantitative estimate of drug-likeness (QED) is 0.0197. The van der Waals surface area contributed by atoms with E-state index in [1.165, 1.54) is 96.3 Å². The zero-order valence-corrected chi connectivity index (χ0v) is 49.1. The van der Waals surface area contributed by atoms with Gasteiger partial charge in [0.05, 0.1) is 19.8 Å². The highest BCUT2D eigenvalue weighted by molar-refractivity contribution is 7.47. The average molecular weight is 1090 g/mol. The number of esters is 3. The van der Waals surface area contributed by atoms with E-state index in [9.17, 15) is 28.9 Å². The number of rotatable bonds is 55. The van der Waals surface area contributed by atoms with E-state index in [1.54, 1.807) is 0 Å². The second-order valence-electron chi connectivity index (χ2n) is 19.8. The Bertz CT molecular complexity index is 1640. The van der Waals surface area contributed by atoms with Crippen molar-refractivity contribution in [2.24, 2.45) is 0 Å². The normalized spacial score (nSPS) is 14.0. The summed E-state index contributed by atoms with van der Waals surface area (Å²) in [6, 6.07) is 0. The molecule has 3 unspecified atom stereocenters. The molecule has 12 heteroatoms. The van der Waals surface area contributed by atoms with Gasteiger partial charge >= 0.3 is 25.7 Å². The molecule has 0 saturated carbocycles. The van der Waals surface area contributed by atoms with Crippen molar-refractivity contribution in [3.8, 4) is 0 Å². The summed E-state index contributed by atoms with van der Waals surface area (Å²) >= 11 is 0. The number of ether oxygens (including phenoxy) is 3. The molecule has 3 atom stereocenters. The highest BCUT2D eigenvalue weighted by atomic mass is 31.2. The van der Waals surface area contributed by atoms with Crippen LogP contribution < -0.4 is 0 Å². The lowest BCUT2D eigenvalue weighted by atomic mass is 10.0. The smallest absolute Gasteiger partial charge is 0.462 e. The Morgan fingerprint density at radius 3 is 1.13 bits per heavy atom. The first-order chi connectivity index (χ1) is 37.2. The molecule has 0 saturated heterocycles. The predicted molar refractivity (Wildman–Crippen MR) is 316 cm³/mol. The lowest BCUT2D eigenvalue weighted by Crippen LogP contribution is -2.30. The average Bonchev–Trinajstić information content (AvgIpc) is 3.41. The number of unbranched alkanes of at least 4 members (excludes halogenated alkanes) is 22. The number of phosphoric acid groups is 1. The molecule has 2 N–H and O–H groups in total. The molecular formula is C64H109O11P. The molecule has 76 heavy (non-hydrogen) atoms. The van der Waals surface area contributed by atoms with Crippen molar-refractivity contribution in [3.63, 3.8) is 0 Å². The van der Waals surface area contributed by atoms with Crippen molar-refractivity contribution in [1.82, 2.24) is 0 Å². The van der Waals surface area contributed by atoms with E-state index in [0.29, 0.717) is 19.3 Å². The molecule has 0 aliphatic carbocycles. The van der Waals surface area contributed by atoms with E-state index < -0.39 is 57.8 Å². The van der Waals surface area contributed by atoms with Crippen LogP contribution in [0.3, 0.4) is 0 Å². The zero-order chi connectivity index (χ0) is 55.5. The Kier molecular flexibility index (Phi) is 54.8. The van der Waals surface area contributed by atoms with Crippen LogP contribution in [0, 0.1) is 0 Å². The minimum Gasteiger partial charge on any atom is -0.462 e. The highest BCUT2D eigenvalue weighted by Gasteiger charge is 2.28. The molecule has 0 aliphatic heterocycles. The summed E-state index contributed by atoms with van der Waals surface area (Å²) < 4.78 is 39.5. The van der Waals surface area contributed by atoms with E-state index in [1.807, 2.05) is 12.2 Å². The van der Waals surface area contributed by atoms with Crippen molar-refractivity contribution in [2.75, 3.05) is 26.4 Å². The Morgan fingerprint density at radius 1 is 0.382 bits per heavy atom. The van der Waals surface area contributed by atoms with Gasteiger partial charge in [-0.15, -0.1) is 0 Å². The Balaban J connectivity index is 4.79. The fourth-order valence-corrected chi connectivity index (χ4v) is 8.79. The number of carbonyl (C=O) groups is 3. The number of aliphatic hydroxyl groups is 1. The molecule has 0 aromatic heterocycles. The first-order valence-corrected chi connectivity index (χ1v) is 31.6. The molecule has 0 fully saturated rings. The van der Waals surface area contributed by atoms with Gasteiger partial charge in [0, 0.05) is 19.3 Å². The number of aliphatic hydroxyl groups excluding tert-OH is 1. The van der Waals surface area contributed by atoms with Crippen LogP contribution in [0.5, 0.6) is 0 Å². The monoisotopic (exact) mass is 1080 g/mol. The second kappa shape index (κ2) is 57.6. The molecule has 0 rings (SSSR count). The van der Waals surface area contributed by atoms with Crippen LogP contribution in [-0.2, 0) is 42.2 Å². The van der Waals surface area contributed by atoms with Gasteiger partial charge in [-0.05, 0) is 83.5 Å². The predicted octanol–water partition coefficient (Wildman–Crippen LogP) is 18.0. The number of hydrogen-bond acceptors (Lipinski definition) is 10. The van der Waals surface area contributed by atoms with Crippen LogP contribution in [0.25, 0.3) is 0 Å². The maximum atomic E-state index is 12.9. The van der Waals surface area contributed by atoms with Gasteiger partial charge in [-0.3, -0.25) is 23.4 Å². The zero-order valence-electron chi connectivity index (χ0n) is 48.2. The maximum Gasteiger partial charge on any atom is 0.472 e. The lowest BCUT2D eigenvalue weighted by molar-refractivity contribution is -0.161. The van der Waals surface area contributed by atoms with Gasteiger partial charge in [-0.2, -0.15) is 0 Å². The highest BCUT2D eigenvalue weighted by Crippen LogP contribution is 2.43. The van der Waals surface area contributed by atoms with Gasteiger partial charge in [-0.25, -0.2) is 4.57 Å². The maximum absolute atomic E-state index is 12.9. The van der Waals surface area contributed by atoms with Crippen molar-refractivity contribution in [3.05, 3.63) is 97.2 Å². The third-order valence-corrected chi connectivity index (χ3v) is 13.5. The van der Waals surface area contributed by atoms with Gasteiger partial charge in [0.1, 0.15) is 12.7 Å². The topological polar surface area (TPSA) is 155 Å². The summed E-state index contributed by atoms with van der Waals surface area (Å²) in [7, 11) is -4.78. The van der Waals surface area contributed by atoms with Crippen LogP contribution in [-0.4, -0.2) is 66.5 Å². The molecule has 436 valence electrons. The summed E-state index contributed by atoms with van der Waals surface area (Å²) in [5, 5.41) is 9.80. The Morgan fingerprint density at radius 2 is 0.711 bits per heavy atom. The van der Waals surface area contributed by atoms with Crippen molar-refractivity contribution in [1.29, 1.82) is 0 Å². The van der Waals surface area contributed by atoms with E-state index in [2.05, 4.69) is 106 Å². The third kappa shape index (κ3) is 55.2. The Labute approximate surface area is 463 Å².